The van der Waals surface area contributed by atoms with Crippen LogP contribution in [0.4, 0.5) is 11.4 Å². The normalized spacial score (nSPS) is 17.4. The molecule has 1 N–H and O–H groups in total. The molecule has 0 radical (unpaired) electrons. The highest BCUT2D eigenvalue weighted by Gasteiger charge is 2.29. The number of aryl methyl sites for hydroxylation is 1. The average molecular weight is 391 g/mol. The van der Waals surface area contributed by atoms with Crippen LogP contribution < -0.4 is 4.90 Å². The monoisotopic (exact) mass is 390 g/mol. The molecule has 2 aliphatic rings. The third-order valence-electron chi connectivity index (χ3n) is 5.70. The highest BCUT2D eigenvalue weighted by molar-refractivity contribution is 7.99. The quantitative estimate of drug-likeness (QED) is 0.640. The van der Waals surface area contributed by atoms with Crippen molar-refractivity contribution < 1.29 is 0 Å². The Morgan fingerprint density at radius 2 is 1.86 bits per heavy atom. The first-order chi connectivity index (χ1) is 13.7. The van der Waals surface area contributed by atoms with Crippen molar-refractivity contribution in [3.8, 4) is 11.4 Å². The predicted molar refractivity (Wildman–Crippen MR) is 117 cm³/mol. The van der Waals surface area contributed by atoms with Crippen molar-refractivity contribution in [3.63, 3.8) is 0 Å². The van der Waals surface area contributed by atoms with Gasteiger partial charge in [0.2, 0.25) is 0 Å². The van der Waals surface area contributed by atoms with Crippen molar-refractivity contribution in [2.45, 2.75) is 42.5 Å². The second kappa shape index (κ2) is 7.30. The molecular weight excluding hydrogens is 364 g/mol. The third kappa shape index (κ3) is 3.23. The predicted octanol–water partition coefficient (Wildman–Crippen LogP) is 5.47. The molecule has 0 aliphatic carbocycles. The lowest BCUT2D eigenvalue weighted by atomic mass is 10.1. The van der Waals surface area contributed by atoms with Crippen LogP contribution in [0.15, 0.2) is 58.5 Å². The number of nitrogens with one attached hydrogen (secondary N) is 1. The van der Waals surface area contributed by atoms with Crippen LogP contribution in [0.25, 0.3) is 11.4 Å². The molecule has 0 saturated carbocycles. The van der Waals surface area contributed by atoms with E-state index in [2.05, 4.69) is 69.2 Å². The molecule has 1 unspecified atom stereocenters. The van der Waals surface area contributed by atoms with E-state index in [0.29, 0.717) is 6.04 Å². The Balaban J connectivity index is 1.56. The van der Waals surface area contributed by atoms with Gasteiger partial charge < -0.3 is 14.8 Å². The topological polar surface area (TPSA) is 35.2 Å². The van der Waals surface area contributed by atoms with Gasteiger partial charge in [0.1, 0.15) is 5.82 Å². The maximum Gasteiger partial charge on any atom is 0.137 e. The van der Waals surface area contributed by atoms with Crippen molar-refractivity contribution >= 4 is 23.1 Å². The first-order valence-electron chi connectivity index (χ1n) is 10.1. The number of imidazole rings is 1. The van der Waals surface area contributed by atoms with Gasteiger partial charge in [0, 0.05) is 34.1 Å². The Kier molecular flexibility index (Phi) is 4.65. The van der Waals surface area contributed by atoms with E-state index in [0.717, 1.165) is 23.6 Å². The second-order valence-corrected chi connectivity index (χ2v) is 8.95. The largest absolute Gasteiger partial charge is 0.344 e. The minimum atomic E-state index is 0.410. The van der Waals surface area contributed by atoms with Crippen LogP contribution in [-0.2, 0) is 0 Å². The van der Waals surface area contributed by atoms with Gasteiger partial charge in [-0.25, -0.2) is 4.98 Å². The number of hydrogen-bond donors (Lipinski definition) is 1. The Labute approximate surface area is 171 Å². The van der Waals surface area contributed by atoms with Crippen LogP contribution >= 0.6 is 11.8 Å². The average Bonchev–Trinajstić information content (AvgIpc) is 3.37. The number of benzene rings is 2. The maximum atomic E-state index is 4.64. The van der Waals surface area contributed by atoms with Crippen molar-refractivity contribution in [1.29, 1.82) is 0 Å². The third-order valence-corrected chi connectivity index (χ3v) is 6.83. The molecule has 1 fully saturated rings. The number of nitrogens with zero attached hydrogens (tertiary/aromatic N) is 3. The van der Waals surface area contributed by atoms with E-state index in [9.17, 15) is 0 Å². The first-order valence-corrected chi connectivity index (χ1v) is 11.0. The fourth-order valence-corrected chi connectivity index (χ4v) is 5.44. The lowest BCUT2D eigenvalue weighted by Crippen LogP contribution is -2.40. The van der Waals surface area contributed by atoms with Crippen LogP contribution in [0.5, 0.6) is 0 Å². The molecule has 3 aromatic rings. The molecule has 5 heteroatoms. The van der Waals surface area contributed by atoms with Gasteiger partial charge in [-0.1, -0.05) is 23.9 Å². The maximum absolute atomic E-state index is 4.64. The molecule has 0 spiro atoms. The molecule has 2 aromatic carbocycles. The zero-order valence-corrected chi connectivity index (χ0v) is 17.3. The SMILES string of the molecule is Cc1c[nH]c(-c2ccc3c(c2)N(C(C)CN2CCCC2)c2ccccc2S3)n1. The summed E-state index contributed by atoms with van der Waals surface area (Å²) in [7, 11) is 0. The van der Waals surface area contributed by atoms with Crippen LogP contribution in [-0.4, -0.2) is 40.5 Å². The van der Waals surface area contributed by atoms with E-state index in [1.165, 1.54) is 47.1 Å². The van der Waals surface area contributed by atoms with Crippen LogP contribution in [0.3, 0.4) is 0 Å². The summed E-state index contributed by atoms with van der Waals surface area (Å²) in [5.74, 6) is 0.941. The molecular formula is C23H26N4S. The van der Waals surface area contributed by atoms with Gasteiger partial charge in [0.05, 0.1) is 17.1 Å². The van der Waals surface area contributed by atoms with E-state index in [1.807, 2.05) is 24.9 Å². The lowest BCUT2D eigenvalue weighted by Gasteiger charge is -2.39. The number of H-pyrrole nitrogens is 1. The highest BCUT2D eigenvalue weighted by Crippen LogP contribution is 2.49. The van der Waals surface area contributed by atoms with Crippen molar-refractivity contribution in [2.75, 3.05) is 24.5 Å². The van der Waals surface area contributed by atoms with Gasteiger partial charge >= 0.3 is 0 Å². The highest BCUT2D eigenvalue weighted by atomic mass is 32.2. The number of rotatable bonds is 4. The second-order valence-electron chi connectivity index (χ2n) is 7.87. The fraction of sp³-hybridized carbons (Fsp3) is 0.348. The number of likely N-dealkylation sites (tertiary alicyclic amines) is 1. The Bertz CT molecular complexity index is 990. The Morgan fingerprint density at radius 1 is 1.07 bits per heavy atom. The molecule has 3 heterocycles. The summed E-state index contributed by atoms with van der Waals surface area (Å²) in [6, 6.07) is 15.9. The summed E-state index contributed by atoms with van der Waals surface area (Å²) in [6.07, 6.45) is 4.63. The number of aromatic nitrogens is 2. The Hall–Kier alpha value is -2.24. The van der Waals surface area contributed by atoms with E-state index in [-0.39, 0.29) is 0 Å². The van der Waals surface area contributed by atoms with Gasteiger partial charge in [-0.3, -0.25) is 0 Å². The number of aromatic amines is 1. The molecule has 4 nitrogen and oxygen atoms in total. The van der Waals surface area contributed by atoms with Gasteiger partial charge in [0.15, 0.2) is 0 Å². The smallest absolute Gasteiger partial charge is 0.137 e. The summed E-state index contributed by atoms with van der Waals surface area (Å²) in [6.45, 7) is 7.94. The molecule has 1 atom stereocenters. The van der Waals surface area contributed by atoms with Gasteiger partial charge in [0.25, 0.3) is 0 Å². The summed E-state index contributed by atoms with van der Waals surface area (Å²) in [4.78, 5) is 15.7. The van der Waals surface area contributed by atoms with E-state index in [4.69, 9.17) is 0 Å². The standard InChI is InChI=1S/C23H26N4S/c1-16-14-24-23(25-16)18-9-10-22-20(13-18)27(17(2)15-26-11-5-6-12-26)19-7-3-4-8-21(19)28-22/h3-4,7-10,13-14,17H,5-6,11-12,15H2,1-2H3,(H,24,25). The van der Waals surface area contributed by atoms with E-state index in [1.54, 1.807) is 0 Å². The molecule has 1 aromatic heterocycles. The molecule has 5 rings (SSSR count). The van der Waals surface area contributed by atoms with E-state index < -0.39 is 0 Å². The summed E-state index contributed by atoms with van der Waals surface area (Å²) < 4.78 is 0. The first kappa shape index (κ1) is 17.8. The molecule has 28 heavy (non-hydrogen) atoms. The van der Waals surface area contributed by atoms with Crippen LogP contribution in [0.1, 0.15) is 25.5 Å². The minimum Gasteiger partial charge on any atom is -0.344 e. The molecule has 0 bridgehead atoms. The van der Waals surface area contributed by atoms with Gasteiger partial charge in [-0.05, 0) is 70.1 Å². The van der Waals surface area contributed by atoms with Crippen LogP contribution in [0, 0.1) is 6.92 Å². The summed E-state index contributed by atoms with van der Waals surface area (Å²) in [5.41, 5.74) is 4.78. The molecule has 0 amide bonds. The van der Waals surface area contributed by atoms with E-state index >= 15 is 0 Å². The van der Waals surface area contributed by atoms with Gasteiger partial charge in [-0.15, -0.1) is 0 Å². The minimum absolute atomic E-state index is 0.410. The Morgan fingerprint density at radius 3 is 2.64 bits per heavy atom. The molecule has 1 saturated heterocycles. The van der Waals surface area contributed by atoms with Crippen molar-refractivity contribution in [2.24, 2.45) is 0 Å². The summed E-state index contributed by atoms with van der Waals surface area (Å²) in [5, 5.41) is 0. The number of fused-ring (bicyclic) bond motifs is 2. The zero-order chi connectivity index (χ0) is 19.1. The molecule has 144 valence electrons. The number of para-hydroxylation sites is 1. The number of hydrogen-bond acceptors (Lipinski definition) is 4. The zero-order valence-electron chi connectivity index (χ0n) is 16.5. The van der Waals surface area contributed by atoms with Gasteiger partial charge in [-0.2, -0.15) is 0 Å². The van der Waals surface area contributed by atoms with Crippen molar-refractivity contribution in [3.05, 3.63) is 54.4 Å². The van der Waals surface area contributed by atoms with Crippen LogP contribution in [0.2, 0.25) is 0 Å². The number of anilines is 2. The lowest BCUT2D eigenvalue weighted by molar-refractivity contribution is 0.319. The summed E-state index contributed by atoms with van der Waals surface area (Å²) >= 11 is 1.87. The fourth-order valence-electron chi connectivity index (χ4n) is 4.39. The molecule has 2 aliphatic heterocycles. The van der Waals surface area contributed by atoms with Crippen molar-refractivity contribution in [1.82, 2.24) is 14.9 Å².